The van der Waals surface area contributed by atoms with Crippen molar-refractivity contribution in [3.63, 3.8) is 0 Å². The number of aromatic nitrogens is 7. The molecule has 0 saturated carbocycles. The van der Waals surface area contributed by atoms with Crippen LogP contribution in [0.2, 0.25) is 0 Å². The third-order valence-electron chi connectivity index (χ3n) is 5.95. The SMILES string of the molecule is Cc1cc(F)cc(-c2cncc3[nH]c(-c4n[nH]c5cnc(-c6cncc(N(C)C)c6)cc45)nc23)c1. The summed E-state index contributed by atoms with van der Waals surface area (Å²) in [6.07, 6.45) is 8.78. The second-order valence-corrected chi connectivity index (χ2v) is 8.70. The van der Waals surface area contributed by atoms with Gasteiger partial charge in [-0.05, 0) is 42.3 Å². The highest BCUT2D eigenvalue weighted by Crippen LogP contribution is 2.32. The van der Waals surface area contributed by atoms with E-state index in [0.717, 1.165) is 50.1 Å². The molecule has 0 radical (unpaired) electrons. The number of nitrogens with one attached hydrogen (secondary N) is 2. The van der Waals surface area contributed by atoms with Crippen LogP contribution >= 0.6 is 0 Å². The van der Waals surface area contributed by atoms with Crippen LogP contribution in [0.3, 0.4) is 0 Å². The molecular weight excluding hydrogens is 443 g/mol. The fourth-order valence-electron chi connectivity index (χ4n) is 4.22. The van der Waals surface area contributed by atoms with Crippen LogP contribution in [0.25, 0.3) is 55.8 Å². The van der Waals surface area contributed by atoms with Crippen LogP contribution in [0, 0.1) is 12.7 Å². The summed E-state index contributed by atoms with van der Waals surface area (Å²) in [5, 5.41) is 8.42. The van der Waals surface area contributed by atoms with Crippen molar-refractivity contribution in [3.05, 3.63) is 72.7 Å². The average Bonchev–Trinajstić information content (AvgIpc) is 3.47. The maximum Gasteiger partial charge on any atom is 0.159 e. The zero-order chi connectivity index (χ0) is 24.1. The van der Waals surface area contributed by atoms with E-state index in [9.17, 15) is 4.39 Å². The molecule has 0 bridgehead atoms. The zero-order valence-corrected chi connectivity index (χ0v) is 19.3. The highest BCUT2D eigenvalue weighted by Gasteiger charge is 2.17. The van der Waals surface area contributed by atoms with E-state index in [1.165, 1.54) is 12.1 Å². The fourth-order valence-corrected chi connectivity index (χ4v) is 4.22. The van der Waals surface area contributed by atoms with Gasteiger partial charge in [-0.1, -0.05) is 6.07 Å². The summed E-state index contributed by atoms with van der Waals surface area (Å²) >= 11 is 0. The number of hydrogen-bond acceptors (Lipinski definition) is 6. The lowest BCUT2D eigenvalue weighted by Gasteiger charge is -2.12. The van der Waals surface area contributed by atoms with E-state index in [4.69, 9.17) is 4.98 Å². The molecule has 0 aliphatic rings. The maximum atomic E-state index is 14.1. The van der Waals surface area contributed by atoms with Gasteiger partial charge in [0.05, 0.1) is 46.5 Å². The molecule has 1 aromatic carbocycles. The Morgan fingerprint density at radius 1 is 0.857 bits per heavy atom. The van der Waals surface area contributed by atoms with E-state index in [1.807, 2.05) is 50.3 Å². The Labute approximate surface area is 199 Å². The molecule has 9 heteroatoms. The number of imidazole rings is 1. The molecule has 0 amide bonds. The van der Waals surface area contributed by atoms with Gasteiger partial charge in [-0.15, -0.1) is 0 Å². The molecule has 0 aliphatic carbocycles. The maximum absolute atomic E-state index is 14.1. The van der Waals surface area contributed by atoms with E-state index in [2.05, 4.69) is 30.1 Å². The number of nitrogens with zero attached hydrogens (tertiary/aromatic N) is 6. The highest BCUT2D eigenvalue weighted by molar-refractivity contribution is 5.97. The Bertz CT molecular complexity index is 1700. The Morgan fingerprint density at radius 2 is 1.71 bits per heavy atom. The number of hydrogen-bond donors (Lipinski definition) is 2. The van der Waals surface area contributed by atoms with E-state index in [-0.39, 0.29) is 5.82 Å². The summed E-state index contributed by atoms with van der Waals surface area (Å²) in [4.78, 5) is 23.4. The van der Waals surface area contributed by atoms with Crippen molar-refractivity contribution in [1.29, 1.82) is 0 Å². The number of aryl methyl sites for hydroxylation is 1. The summed E-state index contributed by atoms with van der Waals surface area (Å²) in [5.74, 6) is 0.296. The molecular formula is C26H21FN8. The number of rotatable bonds is 4. The molecule has 0 atom stereocenters. The molecule has 0 unspecified atom stereocenters. The zero-order valence-electron chi connectivity index (χ0n) is 19.3. The van der Waals surface area contributed by atoms with Crippen molar-refractivity contribution in [1.82, 2.24) is 35.1 Å². The van der Waals surface area contributed by atoms with Gasteiger partial charge in [0.15, 0.2) is 5.82 Å². The number of halogens is 1. The number of anilines is 1. The molecule has 0 fully saturated rings. The normalized spacial score (nSPS) is 11.4. The minimum Gasteiger partial charge on any atom is -0.376 e. The molecule has 5 heterocycles. The predicted octanol–water partition coefficient (Wildman–Crippen LogP) is 5.14. The van der Waals surface area contributed by atoms with Gasteiger partial charge in [-0.3, -0.25) is 20.1 Å². The number of benzene rings is 1. The van der Waals surface area contributed by atoms with Crippen LogP contribution in [0.1, 0.15) is 5.56 Å². The molecule has 5 aromatic heterocycles. The summed E-state index contributed by atoms with van der Waals surface area (Å²) in [7, 11) is 3.95. The number of fused-ring (bicyclic) bond motifs is 2. The molecule has 0 saturated heterocycles. The van der Waals surface area contributed by atoms with Crippen molar-refractivity contribution in [2.45, 2.75) is 6.92 Å². The van der Waals surface area contributed by atoms with Crippen molar-refractivity contribution < 1.29 is 4.39 Å². The largest absolute Gasteiger partial charge is 0.376 e. The molecule has 0 aliphatic heterocycles. The molecule has 6 rings (SSSR count). The second-order valence-electron chi connectivity index (χ2n) is 8.70. The van der Waals surface area contributed by atoms with Gasteiger partial charge in [0.1, 0.15) is 11.5 Å². The summed E-state index contributed by atoms with van der Waals surface area (Å²) < 4.78 is 14.1. The third-order valence-corrected chi connectivity index (χ3v) is 5.95. The Morgan fingerprint density at radius 3 is 2.54 bits per heavy atom. The Kier molecular flexibility index (Phi) is 4.77. The first-order valence-electron chi connectivity index (χ1n) is 11.0. The first-order chi connectivity index (χ1) is 17.0. The van der Waals surface area contributed by atoms with Gasteiger partial charge in [0.2, 0.25) is 0 Å². The highest BCUT2D eigenvalue weighted by atomic mass is 19.1. The van der Waals surface area contributed by atoms with Crippen LogP contribution in [0.15, 0.2) is 61.3 Å². The van der Waals surface area contributed by atoms with Gasteiger partial charge < -0.3 is 9.88 Å². The number of H-pyrrole nitrogens is 2. The first kappa shape index (κ1) is 20.9. The van der Waals surface area contributed by atoms with Crippen LogP contribution in [0.4, 0.5) is 10.1 Å². The minimum atomic E-state index is -0.293. The van der Waals surface area contributed by atoms with Gasteiger partial charge in [0, 0.05) is 43.0 Å². The topological polar surface area (TPSA) is 99.3 Å². The monoisotopic (exact) mass is 464 g/mol. The van der Waals surface area contributed by atoms with Gasteiger partial charge >= 0.3 is 0 Å². The molecule has 172 valence electrons. The van der Waals surface area contributed by atoms with Crippen LogP contribution in [-0.2, 0) is 0 Å². The van der Waals surface area contributed by atoms with Gasteiger partial charge in [-0.2, -0.15) is 5.10 Å². The smallest absolute Gasteiger partial charge is 0.159 e. The second kappa shape index (κ2) is 7.98. The molecule has 0 spiro atoms. The molecule has 2 N–H and O–H groups in total. The predicted molar refractivity (Wildman–Crippen MR) is 134 cm³/mol. The summed E-state index contributed by atoms with van der Waals surface area (Å²) in [5.41, 5.74) is 7.89. The van der Waals surface area contributed by atoms with E-state index in [1.54, 1.807) is 24.8 Å². The Balaban J connectivity index is 1.48. The van der Waals surface area contributed by atoms with E-state index >= 15 is 0 Å². The Hall–Kier alpha value is -4.66. The number of aromatic amines is 2. The minimum absolute atomic E-state index is 0.293. The fraction of sp³-hybridized carbons (Fsp3) is 0.115. The quantitative estimate of drug-likeness (QED) is 0.375. The summed E-state index contributed by atoms with van der Waals surface area (Å²) in [6.45, 7) is 1.86. The van der Waals surface area contributed by atoms with Crippen molar-refractivity contribution in [2.75, 3.05) is 19.0 Å². The van der Waals surface area contributed by atoms with Gasteiger partial charge in [0.25, 0.3) is 0 Å². The molecule has 8 nitrogen and oxygen atoms in total. The van der Waals surface area contributed by atoms with Crippen molar-refractivity contribution >= 4 is 27.6 Å². The molecule has 6 aromatic rings. The van der Waals surface area contributed by atoms with E-state index < -0.39 is 0 Å². The lowest BCUT2D eigenvalue weighted by molar-refractivity contribution is 0.627. The van der Waals surface area contributed by atoms with Crippen molar-refractivity contribution in [3.8, 4) is 33.9 Å². The van der Waals surface area contributed by atoms with Crippen molar-refractivity contribution in [2.24, 2.45) is 0 Å². The van der Waals surface area contributed by atoms with Crippen LogP contribution in [0.5, 0.6) is 0 Å². The lowest BCUT2D eigenvalue weighted by atomic mass is 10.0. The molecule has 35 heavy (non-hydrogen) atoms. The standard InChI is InChI=1S/C26H21FN8/c1-14-4-15(6-17(27)5-14)20-11-29-12-23-24(20)32-26(31-23)25-19-8-21(30-13-22(19)33-34-25)16-7-18(35(2)3)10-28-9-16/h4-13H,1-3H3,(H,31,32)(H,33,34). The number of pyridine rings is 3. The lowest BCUT2D eigenvalue weighted by Crippen LogP contribution is -2.08. The van der Waals surface area contributed by atoms with E-state index in [0.29, 0.717) is 17.0 Å². The third kappa shape index (κ3) is 3.67. The van der Waals surface area contributed by atoms with Gasteiger partial charge in [-0.25, -0.2) is 9.37 Å². The summed E-state index contributed by atoms with van der Waals surface area (Å²) in [6, 6.07) is 8.94. The first-order valence-corrected chi connectivity index (χ1v) is 11.0. The van der Waals surface area contributed by atoms with Crippen LogP contribution < -0.4 is 4.90 Å². The average molecular weight is 465 g/mol. The van der Waals surface area contributed by atoms with Crippen LogP contribution in [-0.4, -0.2) is 49.2 Å².